The highest BCUT2D eigenvalue weighted by Gasteiger charge is 2.59. The molecule has 1 fully saturated rings. The summed E-state index contributed by atoms with van der Waals surface area (Å²) in [4.78, 5) is 3.93. The van der Waals surface area contributed by atoms with Crippen LogP contribution in [0.1, 0.15) is 31.0 Å². The Kier molecular flexibility index (Phi) is 2.69. The molecule has 1 aliphatic carbocycles. The molecule has 0 aliphatic heterocycles. The van der Waals surface area contributed by atoms with Crippen molar-refractivity contribution in [2.24, 2.45) is 17.1 Å². The van der Waals surface area contributed by atoms with Crippen LogP contribution in [0.4, 0.5) is 13.2 Å². The third kappa shape index (κ3) is 1.92. The van der Waals surface area contributed by atoms with Gasteiger partial charge in [0.2, 0.25) is 0 Å². The Morgan fingerprint density at radius 3 is 2.53 bits per heavy atom. The van der Waals surface area contributed by atoms with Crippen LogP contribution in [0.25, 0.3) is 0 Å². The molecule has 94 valence electrons. The summed E-state index contributed by atoms with van der Waals surface area (Å²) in [6.07, 6.45) is -2.94. The summed E-state index contributed by atoms with van der Waals surface area (Å²) >= 11 is 0. The molecule has 0 saturated heterocycles. The van der Waals surface area contributed by atoms with Gasteiger partial charge < -0.3 is 5.73 Å². The maximum atomic E-state index is 12.8. The van der Waals surface area contributed by atoms with Gasteiger partial charge in [0.05, 0.1) is 11.3 Å². The maximum absolute atomic E-state index is 12.8. The predicted molar refractivity (Wildman–Crippen MR) is 58.3 cm³/mol. The van der Waals surface area contributed by atoms with Crippen molar-refractivity contribution in [2.75, 3.05) is 6.54 Å². The lowest BCUT2D eigenvalue weighted by molar-refractivity contribution is -0.138. The third-order valence-electron chi connectivity index (χ3n) is 3.74. The van der Waals surface area contributed by atoms with Crippen LogP contribution in [0, 0.1) is 11.3 Å². The molecule has 2 atom stereocenters. The minimum absolute atomic E-state index is 0.0819. The first kappa shape index (κ1) is 12.4. The summed E-state index contributed by atoms with van der Waals surface area (Å²) < 4.78 is 38.5. The van der Waals surface area contributed by atoms with Crippen LogP contribution in [0.3, 0.4) is 0 Å². The molecule has 1 aliphatic rings. The first-order chi connectivity index (χ1) is 7.80. The van der Waals surface area contributed by atoms with E-state index in [2.05, 4.69) is 4.98 Å². The van der Waals surface area contributed by atoms with Gasteiger partial charge in [-0.1, -0.05) is 13.8 Å². The quantitative estimate of drug-likeness (QED) is 0.868. The highest BCUT2D eigenvalue weighted by Crippen LogP contribution is 2.64. The Morgan fingerprint density at radius 2 is 2.06 bits per heavy atom. The smallest absolute Gasteiger partial charge is 0.330 e. The van der Waals surface area contributed by atoms with Crippen LogP contribution in [0.5, 0.6) is 0 Å². The van der Waals surface area contributed by atoms with Crippen molar-refractivity contribution in [3.05, 3.63) is 29.6 Å². The zero-order valence-electron chi connectivity index (χ0n) is 9.75. The molecule has 2 nitrogen and oxygen atoms in total. The van der Waals surface area contributed by atoms with Gasteiger partial charge in [-0.2, -0.15) is 13.2 Å². The first-order valence-electron chi connectivity index (χ1n) is 5.52. The first-order valence-corrected chi connectivity index (χ1v) is 5.52. The highest BCUT2D eigenvalue weighted by molar-refractivity contribution is 5.34. The molecule has 1 saturated carbocycles. The molecular weight excluding hydrogens is 229 g/mol. The van der Waals surface area contributed by atoms with Gasteiger partial charge >= 0.3 is 6.18 Å². The number of hydrogen-bond acceptors (Lipinski definition) is 2. The van der Waals surface area contributed by atoms with E-state index in [0.717, 1.165) is 6.07 Å². The average molecular weight is 244 g/mol. The predicted octanol–water partition coefficient (Wildman–Crippen LogP) is 2.80. The van der Waals surface area contributed by atoms with Crippen molar-refractivity contribution in [3.8, 4) is 0 Å². The number of alkyl halides is 3. The molecule has 5 heteroatoms. The summed E-state index contributed by atoms with van der Waals surface area (Å²) in [7, 11) is 0. The molecule has 0 radical (unpaired) electrons. The van der Waals surface area contributed by atoms with Crippen LogP contribution in [-0.2, 0) is 6.18 Å². The summed E-state index contributed by atoms with van der Waals surface area (Å²) in [6.45, 7) is 4.26. The third-order valence-corrected chi connectivity index (χ3v) is 3.74. The highest BCUT2D eigenvalue weighted by atomic mass is 19.4. The van der Waals surface area contributed by atoms with E-state index in [0.29, 0.717) is 6.54 Å². The van der Waals surface area contributed by atoms with E-state index < -0.39 is 11.7 Å². The molecule has 2 unspecified atom stereocenters. The van der Waals surface area contributed by atoms with Crippen LogP contribution < -0.4 is 5.73 Å². The van der Waals surface area contributed by atoms with E-state index in [1.54, 1.807) is 0 Å². The molecule has 0 amide bonds. The van der Waals surface area contributed by atoms with E-state index in [4.69, 9.17) is 5.73 Å². The number of pyridine rings is 1. The molecule has 0 aromatic carbocycles. The van der Waals surface area contributed by atoms with Gasteiger partial charge in [0.15, 0.2) is 0 Å². The van der Waals surface area contributed by atoms with E-state index in [1.807, 2.05) is 13.8 Å². The number of halogens is 3. The van der Waals surface area contributed by atoms with Crippen molar-refractivity contribution in [2.45, 2.75) is 25.9 Å². The number of aromatic nitrogens is 1. The van der Waals surface area contributed by atoms with E-state index in [-0.39, 0.29) is 22.9 Å². The lowest BCUT2D eigenvalue weighted by Crippen LogP contribution is -2.11. The van der Waals surface area contributed by atoms with Gasteiger partial charge in [0.1, 0.15) is 0 Å². The Bertz CT molecular complexity index is 426. The molecule has 1 aromatic heterocycles. The summed E-state index contributed by atoms with van der Waals surface area (Å²) in [5, 5.41) is 0. The Labute approximate surface area is 98.0 Å². The average Bonchev–Trinajstić information content (AvgIpc) is 2.79. The van der Waals surface area contributed by atoms with Crippen LogP contribution in [0.2, 0.25) is 0 Å². The van der Waals surface area contributed by atoms with Gasteiger partial charge in [0.25, 0.3) is 0 Å². The van der Waals surface area contributed by atoms with Crippen molar-refractivity contribution in [1.82, 2.24) is 4.98 Å². The normalized spacial score (nSPS) is 26.9. The van der Waals surface area contributed by atoms with Gasteiger partial charge in [0, 0.05) is 12.1 Å². The Hall–Kier alpha value is -1.10. The monoisotopic (exact) mass is 244 g/mol. The largest absolute Gasteiger partial charge is 0.418 e. The van der Waals surface area contributed by atoms with E-state index in [9.17, 15) is 13.2 Å². The number of rotatable bonds is 2. The van der Waals surface area contributed by atoms with Crippen LogP contribution in [-0.4, -0.2) is 11.5 Å². The second-order valence-corrected chi connectivity index (χ2v) is 5.08. The van der Waals surface area contributed by atoms with Gasteiger partial charge in [-0.05, 0) is 30.0 Å². The zero-order chi connectivity index (χ0) is 12.8. The summed E-state index contributed by atoms with van der Waals surface area (Å²) in [5.41, 5.74) is 4.90. The molecule has 17 heavy (non-hydrogen) atoms. The molecular formula is C12H15F3N2. The number of nitrogens with two attached hydrogens (primary N) is 1. The van der Waals surface area contributed by atoms with Crippen LogP contribution in [0.15, 0.2) is 18.3 Å². The van der Waals surface area contributed by atoms with Crippen LogP contribution >= 0.6 is 0 Å². The minimum atomic E-state index is -4.35. The summed E-state index contributed by atoms with van der Waals surface area (Å²) in [5.74, 6) is -0.108. The Morgan fingerprint density at radius 1 is 1.41 bits per heavy atom. The summed E-state index contributed by atoms with van der Waals surface area (Å²) in [6, 6.07) is 2.41. The number of hydrogen-bond donors (Lipinski definition) is 1. The Balaban J connectivity index is 2.42. The molecule has 1 heterocycles. The fourth-order valence-electron chi connectivity index (χ4n) is 2.63. The molecule has 0 bridgehead atoms. The second kappa shape index (κ2) is 3.70. The second-order valence-electron chi connectivity index (χ2n) is 5.08. The lowest BCUT2D eigenvalue weighted by Gasteiger charge is -2.12. The minimum Gasteiger partial charge on any atom is -0.330 e. The van der Waals surface area contributed by atoms with Gasteiger partial charge in [-0.15, -0.1) is 0 Å². The molecule has 1 aromatic rings. The van der Waals surface area contributed by atoms with Gasteiger partial charge in [-0.3, -0.25) is 4.98 Å². The standard InChI is InChI=1S/C12H15F3N2/c1-11(2)8(6-16)9(11)10-7(12(13,14)15)4-3-5-17-10/h3-5,8-9H,6,16H2,1-2H3. The fraction of sp³-hybridized carbons (Fsp3) is 0.583. The molecule has 2 rings (SSSR count). The lowest BCUT2D eigenvalue weighted by atomic mass is 10.0. The number of nitrogens with zero attached hydrogens (tertiary/aromatic N) is 1. The topological polar surface area (TPSA) is 38.9 Å². The molecule has 2 N–H and O–H groups in total. The van der Waals surface area contributed by atoms with Gasteiger partial charge in [-0.25, -0.2) is 0 Å². The SMILES string of the molecule is CC1(C)C(CN)C1c1ncccc1C(F)(F)F. The van der Waals surface area contributed by atoms with E-state index >= 15 is 0 Å². The van der Waals surface area contributed by atoms with Crippen molar-refractivity contribution in [1.29, 1.82) is 0 Å². The zero-order valence-corrected chi connectivity index (χ0v) is 9.75. The van der Waals surface area contributed by atoms with Crippen molar-refractivity contribution < 1.29 is 13.2 Å². The molecule has 0 spiro atoms. The van der Waals surface area contributed by atoms with Crippen molar-refractivity contribution in [3.63, 3.8) is 0 Å². The van der Waals surface area contributed by atoms with Crippen molar-refractivity contribution >= 4 is 0 Å². The van der Waals surface area contributed by atoms with E-state index in [1.165, 1.54) is 12.3 Å². The fourth-order valence-corrected chi connectivity index (χ4v) is 2.63. The maximum Gasteiger partial charge on any atom is 0.418 e.